The number of likely N-dealkylation sites (N-methyl/N-ethyl adjacent to an activating group) is 2. The van der Waals surface area contributed by atoms with E-state index in [-0.39, 0.29) is 30.9 Å². The molecule has 0 aliphatic heterocycles. The van der Waals surface area contributed by atoms with Crippen LogP contribution in [-0.4, -0.2) is 70.2 Å². The molecule has 132 valence electrons. The molecule has 0 aliphatic rings. The first-order valence-electron chi connectivity index (χ1n) is 6.77. The Hall–Kier alpha value is -0.300. The monoisotopic (exact) mass is 401 g/mol. The van der Waals surface area contributed by atoms with Crippen LogP contribution >= 0.6 is 49.7 Å². The lowest BCUT2D eigenvalue weighted by atomic mass is 10.4. The Morgan fingerprint density at radius 3 is 1.39 bits per heavy atom. The molecule has 0 radical (unpaired) electrons. The highest BCUT2D eigenvalue weighted by molar-refractivity contribution is 8.10. The summed E-state index contributed by atoms with van der Waals surface area (Å²) in [5.74, 6) is -0.957. The molecule has 0 rings (SSSR count). The molecule has 0 aromatic heterocycles. The molecule has 1 N–H and O–H groups in total. The third kappa shape index (κ3) is 5.93. The molecule has 0 fully saturated rings. The Morgan fingerprint density at radius 1 is 0.913 bits per heavy atom. The van der Waals surface area contributed by atoms with Gasteiger partial charge in [-0.05, 0) is 38.3 Å². The van der Waals surface area contributed by atoms with Crippen LogP contribution in [0.2, 0.25) is 0 Å². The Morgan fingerprint density at radius 2 is 1.22 bits per heavy atom. The van der Waals surface area contributed by atoms with Gasteiger partial charge in [-0.3, -0.25) is 0 Å². The van der Waals surface area contributed by atoms with E-state index in [0.717, 1.165) is 0 Å². The van der Waals surface area contributed by atoms with Crippen molar-refractivity contribution in [1.82, 2.24) is 5.53 Å². The lowest BCUT2D eigenvalue weighted by Crippen LogP contribution is -2.76. The number of thiol groups is 2. The van der Waals surface area contributed by atoms with Gasteiger partial charge in [-0.25, -0.2) is 9.59 Å². The van der Waals surface area contributed by atoms with Crippen molar-refractivity contribution in [3.05, 3.63) is 0 Å². The number of hydrogen-bond acceptors (Lipinski definition) is 7. The summed E-state index contributed by atoms with van der Waals surface area (Å²) < 4.78 is 9.49. The molecule has 0 spiro atoms. The van der Waals surface area contributed by atoms with E-state index in [1.54, 1.807) is 0 Å². The number of esters is 2. The summed E-state index contributed by atoms with van der Waals surface area (Å²) in [4.78, 5) is 23.6. The second kappa shape index (κ2) is 9.87. The summed E-state index contributed by atoms with van der Waals surface area (Å²) in [5, 5.41) is 0. The normalized spacial score (nSPS) is 15.9. The first-order chi connectivity index (χ1) is 10.6. The van der Waals surface area contributed by atoms with E-state index in [9.17, 15) is 9.59 Å². The molecule has 0 amide bonds. The molecule has 0 aromatic rings. The van der Waals surface area contributed by atoms with Gasteiger partial charge in [0.25, 0.3) is 8.64 Å². The minimum Gasteiger partial charge on any atom is -0.465 e. The number of rotatable bonds is 8. The summed E-state index contributed by atoms with van der Waals surface area (Å²) >= 11 is 18.9. The number of nitrogens with zero attached hydrogens (tertiary/aromatic N) is 2. The van der Waals surface area contributed by atoms with Gasteiger partial charge in [-0.2, -0.15) is 0 Å². The van der Waals surface area contributed by atoms with E-state index in [4.69, 9.17) is 33.9 Å². The topological polar surface area (TPSA) is 64.6 Å². The van der Waals surface area contributed by atoms with E-state index in [1.807, 2.05) is 13.8 Å². The zero-order chi connectivity index (χ0) is 18.3. The molecule has 0 saturated heterocycles. The van der Waals surface area contributed by atoms with Gasteiger partial charge < -0.3 is 9.47 Å². The maximum Gasteiger partial charge on any atom is 0.364 e. The Labute approximate surface area is 158 Å². The van der Waals surface area contributed by atoms with Gasteiger partial charge in [0.2, 0.25) is 13.1 Å². The minimum atomic E-state index is -0.479. The molecule has 0 saturated carbocycles. The molecular weight excluding hydrogens is 378 g/mol. The van der Waals surface area contributed by atoms with E-state index < -0.39 is 11.9 Å². The standard InChI is InChI=1S/C12H21N3O4S4/c1-5-14(11(20)21,7-9(16)18-3)13-15(6-2,12(22)23)8-10(17)19-4/h13H,5-8H2,1-4H3/p+2. The first-order valence-corrected chi connectivity index (χ1v) is 8.48. The number of thiocarbonyl (C=S) groups is 2. The molecule has 0 aromatic carbocycles. The van der Waals surface area contributed by atoms with Crippen molar-refractivity contribution in [1.29, 1.82) is 0 Å². The highest BCUT2D eigenvalue weighted by Crippen LogP contribution is 2.17. The average molecular weight is 402 g/mol. The quantitative estimate of drug-likeness (QED) is 0.183. The highest BCUT2D eigenvalue weighted by atomic mass is 32.1. The van der Waals surface area contributed by atoms with Crippen LogP contribution in [0.1, 0.15) is 13.8 Å². The van der Waals surface area contributed by atoms with Gasteiger partial charge in [0.15, 0.2) is 0 Å². The van der Waals surface area contributed by atoms with Crippen molar-refractivity contribution < 1.29 is 28.2 Å². The van der Waals surface area contributed by atoms with Gasteiger partial charge >= 0.3 is 11.9 Å². The third-order valence-corrected chi connectivity index (χ3v) is 4.91. The van der Waals surface area contributed by atoms with E-state index in [0.29, 0.717) is 13.1 Å². The van der Waals surface area contributed by atoms with Crippen LogP contribution in [0.15, 0.2) is 0 Å². The van der Waals surface area contributed by atoms with Crippen molar-refractivity contribution in [3.8, 4) is 0 Å². The number of ether oxygens (including phenoxy) is 2. The summed E-state index contributed by atoms with van der Waals surface area (Å²) in [6.45, 7) is 4.20. The zero-order valence-electron chi connectivity index (χ0n) is 13.6. The summed E-state index contributed by atoms with van der Waals surface area (Å²) in [6, 6.07) is 0. The molecule has 0 aliphatic carbocycles. The van der Waals surface area contributed by atoms with Crippen molar-refractivity contribution in [2.24, 2.45) is 0 Å². The lowest BCUT2D eigenvalue weighted by Gasteiger charge is -2.41. The van der Waals surface area contributed by atoms with Crippen LogP contribution in [0.5, 0.6) is 0 Å². The molecule has 11 heteroatoms. The number of nitrogens with one attached hydrogen (secondary N) is 1. The first kappa shape index (κ1) is 22.7. The molecule has 0 heterocycles. The van der Waals surface area contributed by atoms with E-state index in [1.165, 1.54) is 14.2 Å². The fraction of sp³-hybridized carbons (Fsp3) is 0.667. The van der Waals surface area contributed by atoms with Gasteiger partial charge in [0.1, 0.15) is 13.1 Å². The number of carbonyl (C=O) groups is 2. The van der Waals surface area contributed by atoms with Crippen molar-refractivity contribution in [3.63, 3.8) is 0 Å². The fourth-order valence-electron chi connectivity index (χ4n) is 1.86. The Bertz CT molecular complexity index is 449. The van der Waals surface area contributed by atoms with Crippen molar-refractivity contribution >= 4 is 70.3 Å². The largest absolute Gasteiger partial charge is 0.465 e. The summed E-state index contributed by atoms with van der Waals surface area (Å²) in [7, 11) is 2.57. The van der Waals surface area contributed by atoms with Gasteiger partial charge in [0.05, 0.1) is 14.2 Å². The van der Waals surface area contributed by atoms with Gasteiger partial charge in [0, 0.05) is 5.53 Å². The third-order valence-electron chi connectivity index (χ3n) is 3.45. The zero-order valence-corrected chi connectivity index (χ0v) is 17.0. The van der Waals surface area contributed by atoms with Crippen LogP contribution in [0.4, 0.5) is 0 Å². The van der Waals surface area contributed by atoms with E-state index >= 15 is 0 Å². The predicted molar refractivity (Wildman–Crippen MR) is 102 cm³/mol. The second-order valence-corrected chi connectivity index (χ2v) is 6.93. The fourth-order valence-corrected chi connectivity index (χ4v) is 2.85. The minimum absolute atomic E-state index is 0.104. The molecule has 2 atom stereocenters. The van der Waals surface area contributed by atoms with Crippen LogP contribution < -0.4 is 5.53 Å². The van der Waals surface area contributed by atoms with Crippen LogP contribution in [0.25, 0.3) is 0 Å². The Kier molecular flexibility index (Phi) is 9.74. The van der Waals surface area contributed by atoms with E-state index in [2.05, 4.69) is 30.8 Å². The molecular formula is C12H23N3O4S4+2. The molecule has 7 nitrogen and oxygen atoms in total. The summed E-state index contributed by atoms with van der Waals surface area (Å²) in [5.41, 5.74) is 3.15. The predicted octanol–water partition coefficient (Wildman–Crippen LogP) is 0.855. The average Bonchev–Trinajstić information content (AvgIpc) is 2.52. The number of hydrogen-bond donors (Lipinski definition) is 3. The second-order valence-electron chi connectivity index (χ2n) is 4.70. The molecule has 0 bridgehead atoms. The van der Waals surface area contributed by atoms with Crippen LogP contribution in [0.3, 0.4) is 0 Å². The molecule has 23 heavy (non-hydrogen) atoms. The Balaban J connectivity index is 5.85. The maximum atomic E-state index is 11.8. The van der Waals surface area contributed by atoms with Crippen molar-refractivity contribution in [2.75, 3.05) is 40.4 Å². The van der Waals surface area contributed by atoms with Crippen LogP contribution in [-0.2, 0) is 19.1 Å². The number of quaternary nitrogens is 2. The van der Waals surface area contributed by atoms with Crippen LogP contribution in [0, 0.1) is 0 Å². The number of methoxy groups -OCH3 is 2. The summed E-state index contributed by atoms with van der Waals surface area (Å²) in [6.07, 6.45) is 0. The molecule has 2 unspecified atom stereocenters. The highest BCUT2D eigenvalue weighted by Gasteiger charge is 2.46. The van der Waals surface area contributed by atoms with Crippen molar-refractivity contribution in [2.45, 2.75) is 13.8 Å². The lowest BCUT2D eigenvalue weighted by molar-refractivity contribution is -1.08. The van der Waals surface area contributed by atoms with Gasteiger partial charge in [-0.15, -0.1) is 9.18 Å². The maximum absolute atomic E-state index is 11.8. The number of carbonyl (C=O) groups excluding carboxylic acids is 2. The smallest absolute Gasteiger partial charge is 0.364 e. The SMILES string of the molecule is CC[N+](CC(=O)OC)(N[N+](CC)(CC(=O)OC)C(=S)S)C(=S)S. The van der Waals surface area contributed by atoms with Gasteiger partial charge in [-0.1, -0.05) is 25.3 Å².